The van der Waals surface area contributed by atoms with Crippen LogP contribution in [0.15, 0.2) is 4.79 Å². The summed E-state index contributed by atoms with van der Waals surface area (Å²) in [7, 11) is 1.61. The van der Waals surface area contributed by atoms with E-state index in [0.717, 1.165) is 34.5 Å². The molecule has 1 aliphatic rings. The van der Waals surface area contributed by atoms with Gasteiger partial charge in [-0.1, -0.05) is 0 Å². The number of hydrogen-bond acceptors (Lipinski definition) is 6. The Kier molecular flexibility index (Phi) is 5.01. The van der Waals surface area contributed by atoms with E-state index in [1.54, 1.807) is 18.6 Å². The van der Waals surface area contributed by atoms with Crippen molar-refractivity contribution in [2.45, 2.75) is 45.6 Å². The lowest BCUT2D eigenvalue weighted by Crippen LogP contribution is -2.27. The lowest BCUT2D eigenvalue weighted by Gasteiger charge is -2.21. The summed E-state index contributed by atoms with van der Waals surface area (Å²) in [6.45, 7) is 4.89. The molecule has 0 spiro atoms. The average Bonchev–Trinajstić information content (AvgIpc) is 2.92. The third-order valence-electron chi connectivity index (χ3n) is 4.45. The van der Waals surface area contributed by atoms with Crippen molar-refractivity contribution in [3.8, 4) is 0 Å². The first-order chi connectivity index (χ1) is 11.6. The highest BCUT2D eigenvalue weighted by molar-refractivity contribution is 7.18. The molecule has 24 heavy (non-hydrogen) atoms. The number of rotatable bonds is 5. The van der Waals surface area contributed by atoms with Crippen molar-refractivity contribution in [2.75, 3.05) is 20.3 Å². The molecule has 6 nitrogen and oxygen atoms in total. The Morgan fingerprint density at radius 3 is 2.96 bits per heavy atom. The number of ether oxygens (including phenoxy) is 2. The SMILES string of the molecule is CCOC(=O)C1CCCc2sc3nc(C)n(CCOC)c(=O)c3c21. The smallest absolute Gasteiger partial charge is 0.313 e. The third-order valence-corrected chi connectivity index (χ3v) is 5.61. The lowest BCUT2D eigenvalue weighted by atomic mass is 9.86. The molecule has 2 aromatic rings. The molecule has 3 rings (SSSR count). The van der Waals surface area contributed by atoms with E-state index in [-0.39, 0.29) is 17.4 Å². The second kappa shape index (κ2) is 7.03. The van der Waals surface area contributed by atoms with Gasteiger partial charge in [0.2, 0.25) is 0 Å². The van der Waals surface area contributed by atoms with Gasteiger partial charge in [-0.15, -0.1) is 11.3 Å². The van der Waals surface area contributed by atoms with Crippen LogP contribution in [-0.4, -0.2) is 35.8 Å². The second-order valence-corrected chi connectivity index (χ2v) is 7.01. The molecule has 130 valence electrons. The maximum atomic E-state index is 13.0. The van der Waals surface area contributed by atoms with Crippen LogP contribution in [0.1, 0.15) is 41.9 Å². The first kappa shape index (κ1) is 17.1. The standard InChI is InChI=1S/C17H22N2O4S/c1-4-23-17(21)11-6-5-7-12-13(11)14-15(24-12)18-10(2)19(16(14)20)8-9-22-3/h11H,4-9H2,1-3H3. The molecule has 0 bridgehead atoms. The van der Waals surface area contributed by atoms with Crippen LogP contribution in [0.3, 0.4) is 0 Å². The Morgan fingerprint density at radius 1 is 1.46 bits per heavy atom. The molecule has 0 saturated heterocycles. The summed E-state index contributed by atoms with van der Waals surface area (Å²) in [5, 5.41) is 0.592. The van der Waals surface area contributed by atoms with E-state index >= 15 is 0 Å². The van der Waals surface area contributed by atoms with E-state index in [1.807, 2.05) is 6.92 Å². The molecule has 2 aromatic heterocycles. The zero-order valence-corrected chi connectivity index (χ0v) is 15.1. The molecule has 1 atom stereocenters. The lowest BCUT2D eigenvalue weighted by molar-refractivity contribution is -0.145. The molecule has 2 heterocycles. The number of methoxy groups -OCH3 is 1. The zero-order chi connectivity index (χ0) is 17.3. The van der Waals surface area contributed by atoms with Crippen molar-refractivity contribution in [2.24, 2.45) is 0 Å². The molecule has 1 unspecified atom stereocenters. The van der Waals surface area contributed by atoms with Crippen molar-refractivity contribution in [1.29, 1.82) is 0 Å². The van der Waals surface area contributed by atoms with Crippen molar-refractivity contribution in [1.82, 2.24) is 9.55 Å². The third kappa shape index (κ3) is 2.86. The predicted octanol–water partition coefficient (Wildman–Crippen LogP) is 2.40. The van der Waals surface area contributed by atoms with Gasteiger partial charge in [-0.3, -0.25) is 14.2 Å². The molecule has 0 amide bonds. The summed E-state index contributed by atoms with van der Waals surface area (Å²) >= 11 is 1.54. The number of esters is 1. The van der Waals surface area contributed by atoms with Gasteiger partial charge in [0, 0.05) is 12.0 Å². The number of aryl methyl sites for hydroxylation is 2. The van der Waals surface area contributed by atoms with Crippen molar-refractivity contribution >= 4 is 27.5 Å². The summed E-state index contributed by atoms with van der Waals surface area (Å²) in [5.41, 5.74) is 0.770. The normalized spacial score (nSPS) is 17.0. The Balaban J connectivity index is 2.18. The van der Waals surface area contributed by atoms with Crippen molar-refractivity contribution in [3.63, 3.8) is 0 Å². The van der Waals surface area contributed by atoms with Gasteiger partial charge < -0.3 is 9.47 Å². The van der Waals surface area contributed by atoms with Gasteiger partial charge in [0.1, 0.15) is 10.7 Å². The summed E-state index contributed by atoms with van der Waals surface area (Å²) in [6.07, 6.45) is 2.55. The molecule has 0 aromatic carbocycles. The number of carbonyl (C=O) groups excluding carboxylic acids is 1. The number of fused-ring (bicyclic) bond motifs is 3. The van der Waals surface area contributed by atoms with E-state index in [2.05, 4.69) is 4.98 Å². The molecule has 7 heteroatoms. The minimum atomic E-state index is -0.351. The highest BCUT2D eigenvalue weighted by Crippen LogP contribution is 2.41. The van der Waals surface area contributed by atoms with Crippen molar-refractivity contribution in [3.05, 3.63) is 26.6 Å². The Morgan fingerprint density at radius 2 is 2.25 bits per heavy atom. The number of aromatic nitrogens is 2. The zero-order valence-electron chi connectivity index (χ0n) is 14.3. The van der Waals surface area contributed by atoms with Gasteiger partial charge in [-0.2, -0.15) is 0 Å². The van der Waals surface area contributed by atoms with E-state index in [1.165, 1.54) is 11.3 Å². The van der Waals surface area contributed by atoms with Crippen LogP contribution >= 0.6 is 11.3 Å². The maximum Gasteiger partial charge on any atom is 0.313 e. The van der Waals surface area contributed by atoms with Crippen LogP contribution in [0.4, 0.5) is 0 Å². The minimum absolute atomic E-state index is 0.0803. The number of nitrogens with zero attached hydrogens (tertiary/aromatic N) is 2. The van der Waals surface area contributed by atoms with Crippen LogP contribution in [0.5, 0.6) is 0 Å². The van der Waals surface area contributed by atoms with Crippen molar-refractivity contribution < 1.29 is 14.3 Å². The quantitative estimate of drug-likeness (QED) is 0.775. The van der Waals surface area contributed by atoms with Gasteiger partial charge in [-0.25, -0.2) is 4.98 Å². The van der Waals surface area contributed by atoms with Gasteiger partial charge in [-0.05, 0) is 38.7 Å². The van der Waals surface area contributed by atoms with E-state index in [4.69, 9.17) is 9.47 Å². The van der Waals surface area contributed by atoms with Gasteiger partial charge >= 0.3 is 5.97 Å². The fraction of sp³-hybridized carbons (Fsp3) is 0.588. The van der Waals surface area contributed by atoms with Gasteiger partial charge in [0.25, 0.3) is 5.56 Å². The largest absolute Gasteiger partial charge is 0.466 e. The second-order valence-electron chi connectivity index (χ2n) is 5.92. The molecule has 0 saturated carbocycles. The fourth-order valence-electron chi connectivity index (χ4n) is 3.34. The van der Waals surface area contributed by atoms with Crippen LogP contribution in [0, 0.1) is 6.92 Å². The van der Waals surface area contributed by atoms with Crippen LogP contribution in [0.25, 0.3) is 10.2 Å². The highest BCUT2D eigenvalue weighted by atomic mass is 32.1. The maximum absolute atomic E-state index is 13.0. The van der Waals surface area contributed by atoms with Crippen LogP contribution < -0.4 is 5.56 Å². The Bertz CT molecular complexity index is 824. The number of hydrogen-bond donors (Lipinski definition) is 0. The predicted molar refractivity (Wildman–Crippen MR) is 92.8 cm³/mol. The van der Waals surface area contributed by atoms with E-state index in [9.17, 15) is 9.59 Å². The molecule has 0 aliphatic heterocycles. The minimum Gasteiger partial charge on any atom is -0.466 e. The van der Waals surface area contributed by atoms with Gasteiger partial charge in [0.05, 0.1) is 31.1 Å². The first-order valence-corrected chi connectivity index (χ1v) is 9.08. The number of thiophene rings is 1. The summed E-state index contributed by atoms with van der Waals surface area (Å²) < 4.78 is 12.0. The topological polar surface area (TPSA) is 70.4 Å². The Hall–Kier alpha value is -1.73. The molecule has 1 aliphatic carbocycles. The molecular formula is C17H22N2O4S. The molecule has 0 fully saturated rings. The average molecular weight is 350 g/mol. The summed E-state index contributed by atoms with van der Waals surface area (Å²) in [6, 6.07) is 0. The van der Waals surface area contributed by atoms with Gasteiger partial charge in [0.15, 0.2) is 0 Å². The summed E-state index contributed by atoms with van der Waals surface area (Å²) in [5.74, 6) is 0.0907. The summed E-state index contributed by atoms with van der Waals surface area (Å²) in [4.78, 5) is 31.8. The van der Waals surface area contributed by atoms with Crippen LogP contribution in [-0.2, 0) is 27.2 Å². The molecule has 0 radical (unpaired) electrons. The highest BCUT2D eigenvalue weighted by Gasteiger charge is 2.33. The number of carbonyl (C=O) groups is 1. The van der Waals surface area contributed by atoms with Crippen LogP contribution in [0.2, 0.25) is 0 Å². The first-order valence-electron chi connectivity index (χ1n) is 8.26. The van der Waals surface area contributed by atoms with E-state index < -0.39 is 0 Å². The van der Waals surface area contributed by atoms with E-state index in [0.29, 0.717) is 31.0 Å². The monoisotopic (exact) mass is 350 g/mol. The Labute approximate surface area is 144 Å². The molecular weight excluding hydrogens is 328 g/mol. The fourth-order valence-corrected chi connectivity index (χ4v) is 4.65. The molecule has 0 N–H and O–H groups in total.